The number of amides is 1. The van der Waals surface area contributed by atoms with Gasteiger partial charge in [-0.3, -0.25) is 9.59 Å². The van der Waals surface area contributed by atoms with Crippen molar-refractivity contribution in [3.8, 4) is 11.5 Å². The summed E-state index contributed by atoms with van der Waals surface area (Å²) in [7, 11) is 0. The number of nitrogens with zero attached hydrogens (tertiary/aromatic N) is 1. The smallest absolute Gasteiger partial charge is 0.347 e. The lowest BCUT2D eigenvalue weighted by atomic mass is 10.2. The number of carbonyl (C=O) groups is 3. The highest BCUT2D eigenvalue weighted by atomic mass is 16.5. The summed E-state index contributed by atoms with van der Waals surface area (Å²) in [6.07, 6.45) is 1.47. The molecule has 3 aromatic carbocycles. The monoisotopic (exact) mass is 402 g/mol. The number of ether oxygens (including phenoxy) is 2. The fourth-order valence-electron chi connectivity index (χ4n) is 2.48. The minimum atomic E-state index is -0.650. The normalized spacial score (nSPS) is 10.4. The van der Waals surface area contributed by atoms with Crippen LogP contribution in [0.15, 0.2) is 84.0 Å². The van der Waals surface area contributed by atoms with Crippen molar-refractivity contribution in [3.05, 3.63) is 95.6 Å². The molecule has 0 aliphatic rings. The van der Waals surface area contributed by atoms with Crippen LogP contribution in [0, 0.1) is 0 Å². The van der Waals surface area contributed by atoms with Crippen LogP contribution in [0.3, 0.4) is 0 Å². The third kappa shape index (κ3) is 5.62. The summed E-state index contributed by atoms with van der Waals surface area (Å²) in [5.74, 6) is -1.05. The molecule has 0 radical (unpaired) electrons. The molecule has 0 heterocycles. The van der Waals surface area contributed by atoms with Crippen molar-refractivity contribution in [3.63, 3.8) is 0 Å². The number of nitrogens with one attached hydrogen (secondary N) is 1. The largest absolute Gasteiger partial charge is 0.426 e. The van der Waals surface area contributed by atoms with E-state index in [9.17, 15) is 14.4 Å². The number of rotatable bonds is 6. The molecule has 0 saturated carbocycles. The second-order valence-electron chi connectivity index (χ2n) is 6.11. The van der Waals surface area contributed by atoms with Crippen molar-refractivity contribution in [2.24, 2.45) is 5.10 Å². The molecule has 0 fully saturated rings. The molecule has 1 amide bonds. The van der Waals surface area contributed by atoms with Crippen LogP contribution in [0.4, 0.5) is 0 Å². The summed E-state index contributed by atoms with van der Waals surface area (Å²) in [5.41, 5.74) is 3.79. The summed E-state index contributed by atoms with van der Waals surface area (Å²) < 4.78 is 10.4. The molecule has 3 aromatic rings. The minimum Gasteiger partial charge on any atom is -0.426 e. The third-order valence-corrected chi connectivity index (χ3v) is 3.87. The quantitative estimate of drug-likeness (QED) is 0.294. The first kappa shape index (κ1) is 20.5. The molecule has 0 spiro atoms. The zero-order chi connectivity index (χ0) is 21.3. The molecule has 0 aliphatic heterocycles. The number of hydrogen-bond acceptors (Lipinski definition) is 6. The molecule has 30 heavy (non-hydrogen) atoms. The van der Waals surface area contributed by atoms with E-state index in [2.05, 4.69) is 10.5 Å². The molecule has 0 unspecified atom stereocenters. The van der Waals surface area contributed by atoms with Gasteiger partial charge in [0.15, 0.2) is 0 Å². The second-order valence-corrected chi connectivity index (χ2v) is 6.11. The number of hydrazone groups is 1. The first-order chi connectivity index (χ1) is 14.5. The number of carbonyl (C=O) groups excluding carboxylic acids is 3. The fraction of sp³-hybridized carbons (Fsp3) is 0.0435. The van der Waals surface area contributed by atoms with Gasteiger partial charge in [-0.25, -0.2) is 10.2 Å². The van der Waals surface area contributed by atoms with Crippen molar-refractivity contribution in [2.75, 3.05) is 0 Å². The predicted octanol–water partition coefficient (Wildman–Crippen LogP) is 3.60. The summed E-state index contributed by atoms with van der Waals surface area (Å²) in [6, 6.07) is 21.6. The van der Waals surface area contributed by atoms with Crippen molar-refractivity contribution in [1.82, 2.24) is 5.43 Å². The maximum Gasteiger partial charge on any atom is 0.347 e. The molecule has 1 N–H and O–H groups in total. The Morgan fingerprint density at radius 2 is 1.50 bits per heavy atom. The summed E-state index contributed by atoms with van der Waals surface area (Å²) in [6.45, 7) is 1.25. The van der Waals surface area contributed by atoms with Crippen LogP contribution in [0.1, 0.15) is 33.2 Å². The zero-order valence-corrected chi connectivity index (χ0v) is 16.1. The lowest BCUT2D eigenvalue weighted by Gasteiger charge is -2.08. The SMILES string of the molecule is CC(=O)Oc1ccccc1C(=O)Oc1ccc(/C=N\NC(=O)c2ccccc2)cc1. The van der Waals surface area contributed by atoms with E-state index in [0.29, 0.717) is 16.9 Å². The molecule has 7 nitrogen and oxygen atoms in total. The molecule has 150 valence electrons. The Balaban J connectivity index is 1.60. The molecule has 3 rings (SSSR count). The van der Waals surface area contributed by atoms with Gasteiger partial charge in [-0.2, -0.15) is 5.10 Å². The third-order valence-electron chi connectivity index (χ3n) is 3.87. The Kier molecular flexibility index (Phi) is 6.68. The number of benzene rings is 3. The first-order valence-corrected chi connectivity index (χ1v) is 9.01. The average molecular weight is 402 g/mol. The first-order valence-electron chi connectivity index (χ1n) is 9.01. The van der Waals surface area contributed by atoms with Crippen LogP contribution in [-0.4, -0.2) is 24.1 Å². The lowest BCUT2D eigenvalue weighted by molar-refractivity contribution is -0.131. The van der Waals surface area contributed by atoms with E-state index in [4.69, 9.17) is 9.47 Å². The highest BCUT2D eigenvalue weighted by Gasteiger charge is 2.15. The molecule has 7 heteroatoms. The Labute approximate surface area is 172 Å². The maximum atomic E-state index is 12.4. The zero-order valence-electron chi connectivity index (χ0n) is 16.1. The van der Waals surface area contributed by atoms with Crippen molar-refractivity contribution in [2.45, 2.75) is 6.92 Å². The van der Waals surface area contributed by atoms with Crippen molar-refractivity contribution in [1.29, 1.82) is 0 Å². The summed E-state index contributed by atoms with van der Waals surface area (Å²) in [5, 5.41) is 3.91. The van der Waals surface area contributed by atoms with E-state index in [1.54, 1.807) is 60.7 Å². The van der Waals surface area contributed by atoms with Gasteiger partial charge in [-0.05, 0) is 54.1 Å². The molecule has 0 atom stereocenters. The topological polar surface area (TPSA) is 94.1 Å². The van der Waals surface area contributed by atoms with Gasteiger partial charge < -0.3 is 9.47 Å². The molecule has 0 bridgehead atoms. The van der Waals surface area contributed by atoms with Gasteiger partial charge in [-0.1, -0.05) is 30.3 Å². The van der Waals surface area contributed by atoms with E-state index in [0.717, 1.165) is 0 Å². The molecule has 0 aromatic heterocycles. The Morgan fingerprint density at radius 3 is 2.20 bits per heavy atom. The van der Waals surface area contributed by atoms with E-state index < -0.39 is 11.9 Å². The lowest BCUT2D eigenvalue weighted by Crippen LogP contribution is -2.17. The van der Waals surface area contributed by atoms with Gasteiger partial charge in [0.25, 0.3) is 5.91 Å². The van der Waals surface area contributed by atoms with Crippen molar-refractivity contribution < 1.29 is 23.9 Å². The highest BCUT2D eigenvalue weighted by Crippen LogP contribution is 2.21. The number of hydrogen-bond donors (Lipinski definition) is 1. The highest BCUT2D eigenvalue weighted by molar-refractivity contribution is 5.95. The second kappa shape index (κ2) is 9.79. The summed E-state index contributed by atoms with van der Waals surface area (Å²) in [4.78, 5) is 35.5. The van der Waals surface area contributed by atoms with E-state index >= 15 is 0 Å². The predicted molar refractivity (Wildman–Crippen MR) is 111 cm³/mol. The summed E-state index contributed by atoms with van der Waals surface area (Å²) >= 11 is 0. The van der Waals surface area contributed by atoms with Gasteiger partial charge in [0.1, 0.15) is 17.1 Å². The number of para-hydroxylation sites is 1. The van der Waals surface area contributed by atoms with Crippen LogP contribution in [0.5, 0.6) is 11.5 Å². The average Bonchev–Trinajstić information content (AvgIpc) is 2.75. The van der Waals surface area contributed by atoms with Crippen LogP contribution in [0.25, 0.3) is 0 Å². The van der Waals surface area contributed by atoms with E-state index in [-0.39, 0.29) is 17.2 Å². The Bertz CT molecular complexity index is 1080. The molecule has 0 saturated heterocycles. The van der Waals surface area contributed by atoms with Crippen LogP contribution in [0.2, 0.25) is 0 Å². The fourth-order valence-corrected chi connectivity index (χ4v) is 2.48. The van der Waals surface area contributed by atoms with Crippen LogP contribution >= 0.6 is 0 Å². The van der Waals surface area contributed by atoms with Gasteiger partial charge in [0, 0.05) is 12.5 Å². The molecule has 0 aliphatic carbocycles. The standard InChI is InChI=1S/C23H18N2O5/c1-16(26)29-21-10-6-5-9-20(21)23(28)30-19-13-11-17(12-14-19)15-24-25-22(27)18-7-3-2-4-8-18/h2-15H,1H3,(H,25,27)/b24-15-. The van der Waals surface area contributed by atoms with Gasteiger partial charge in [0.2, 0.25) is 0 Å². The van der Waals surface area contributed by atoms with E-state index in [1.807, 2.05) is 6.07 Å². The Morgan fingerprint density at radius 1 is 0.833 bits per heavy atom. The van der Waals surface area contributed by atoms with E-state index in [1.165, 1.54) is 25.3 Å². The van der Waals surface area contributed by atoms with Gasteiger partial charge in [-0.15, -0.1) is 0 Å². The minimum absolute atomic E-state index is 0.132. The van der Waals surface area contributed by atoms with Crippen LogP contribution < -0.4 is 14.9 Å². The Hall–Kier alpha value is -4.26. The van der Waals surface area contributed by atoms with Gasteiger partial charge in [0.05, 0.1) is 6.21 Å². The molecular formula is C23H18N2O5. The van der Waals surface area contributed by atoms with Gasteiger partial charge >= 0.3 is 11.9 Å². The van der Waals surface area contributed by atoms with Crippen molar-refractivity contribution >= 4 is 24.1 Å². The van der Waals surface area contributed by atoms with Crippen LogP contribution in [-0.2, 0) is 4.79 Å². The molecular weight excluding hydrogens is 384 g/mol. The number of esters is 2. The maximum absolute atomic E-state index is 12.4.